The highest BCUT2D eigenvalue weighted by atomic mass is 16.5. The zero-order valence-corrected chi connectivity index (χ0v) is 17.1. The number of methoxy groups -OCH3 is 2. The molecule has 28 heavy (non-hydrogen) atoms. The summed E-state index contributed by atoms with van der Waals surface area (Å²) >= 11 is 0. The number of benzene rings is 1. The van der Waals surface area contributed by atoms with Crippen molar-refractivity contribution < 1.29 is 14.3 Å². The zero-order valence-electron chi connectivity index (χ0n) is 17.1. The Balaban J connectivity index is 1.66. The third-order valence-electron chi connectivity index (χ3n) is 5.01. The summed E-state index contributed by atoms with van der Waals surface area (Å²) in [5.41, 5.74) is 1.77. The van der Waals surface area contributed by atoms with Gasteiger partial charge >= 0.3 is 0 Å². The lowest BCUT2D eigenvalue weighted by molar-refractivity contribution is 0.0195. The van der Waals surface area contributed by atoms with Gasteiger partial charge < -0.3 is 14.4 Å². The average Bonchev–Trinajstić information content (AvgIpc) is 2.66. The summed E-state index contributed by atoms with van der Waals surface area (Å²) in [6, 6.07) is 9.74. The second-order valence-corrected chi connectivity index (χ2v) is 7.61. The summed E-state index contributed by atoms with van der Waals surface area (Å²) in [4.78, 5) is 21.5. The van der Waals surface area contributed by atoms with Crippen LogP contribution < -0.4 is 9.47 Å². The summed E-state index contributed by atoms with van der Waals surface area (Å²) in [5, 5.41) is 0. The van der Waals surface area contributed by atoms with E-state index in [9.17, 15) is 4.79 Å². The van der Waals surface area contributed by atoms with Gasteiger partial charge in [-0.15, -0.1) is 0 Å². The van der Waals surface area contributed by atoms with Crippen LogP contribution in [-0.4, -0.2) is 60.6 Å². The van der Waals surface area contributed by atoms with Crippen molar-refractivity contribution in [2.45, 2.75) is 26.4 Å². The SMILES string of the molecule is COc1ccc(C(=O)N2CC(N(Cc3cccnc3)CC(C)C)C2)c(OC)c1. The van der Waals surface area contributed by atoms with Gasteiger partial charge in [-0.3, -0.25) is 14.7 Å². The van der Waals surface area contributed by atoms with Crippen LogP contribution in [0.3, 0.4) is 0 Å². The molecule has 0 spiro atoms. The Kier molecular flexibility index (Phi) is 6.52. The van der Waals surface area contributed by atoms with Crippen LogP contribution in [0.1, 0.15) is 29.8 Å². The first-order valence-electron chi connectivity index (χ1n) is 9.66. The number of amides is 1. The van der Waals surface area contributed by atoms with Crippen LogP contribution in [0, 0.1) is 5.92 Å². The van der Waals surface area contributed by atoms with Gasteiger partial charge in [-0.25, -0.2) is 0 Å². The molecule has 2 heterocycles. The lowest BCUT2D eigenvalue weighted by Gasteiger charge is -2.46. The molecule has 6 heteroatoms. The van der Waals surface area contributed by atoms with E-state index >= 15 is 0 Å². The monoisotopic (exact) mass is 383 g/mol. The first-order valence-corrected chi connectivity index (χ1v) is 9.66. The fraction of sp³-hybridized carbons (Fsp3) is 0.455. The van der Waals surface area contributed by atoms with Crippen LogP contribution >= 0.6 is 0 Å². The third-order valence-corrected chi connectivity index (χ3v) is 5.01. The number of hydrogen-bond donors (Lipinski definition) is 0. The summed E-state index contributed by atoms with van der Waals surface area (Å²) in [6.45, 7) is 7.74. The normalized spacial score (nSPS) is 14.3. The topological polar surface area (TPSA) is 54.9 Å². The van der Waals surface area contributed by atoms with E-state index < -0.39 is 0 Å². The fourth-order valence-corrected chi connectivity index (χ4v) is 3.54. The van der Waals surface area contributed by atoms with Gasteiger partial charge in [0.05, 0.1) is 19.8 Å². The molecule has 1 fully saturated rings. The standard InChI is InChI=1S/C22H29N3O3/c1-16(2)12-24(13-17-6-5-9-23-11-17)18-14-25(15-18)22(26)20-8-7-19(27-3)10-21(20)28-4/h5-11,16,18H,12-15H2,1-4H3. The Labute approximate surface area is 167 Å². The molecule has 0 bridgehead atoms. The molecule has 3 rings (SSSR count). The number of hydrogen-bond acceptors (Lipinski definition) is 5. The predicted molar refractivity (Wildman–Crippen MR) is 109 cm³/mol. The van der Waals surface area contributed by atoms with E-state index in [0.717, 1.165) is 26.2 Å². The number of carbonyl (C=O) groups excluding carboxylic acids is 1. The zero-order chi connectivity index (χ0) is 20.1. The van der Waals surface area contributed by atoms with Crippen LogP contribution in [0.25, 0.3) is 0 Å². The molecule has 1 amide bonds. The Morgan fingerprint density at radius 2 is 2.04 bits per heavy atom. The van der Waals surface area contributed by atoms with Gasteiger partial charge in [-0.1, -0.05) is 19.9 Å². The largest absolute Gasteiger partial charge is 0.497 e. The second kappa shape index (κ2) is 9.06. The molecule has 0 unspecified atom stereocenters. The van der Waals surface area contributed by atoms with Crippen molar-refractivity contribution in [1.82, 2.24) is 14.8 Å². The number of carbonyl (C=O) groups is 1. The summed E-state index contributed by atoms with van der Waals surface area (Å²) in [5.74, 6) is 1.78. The minimum absolute atomic E-state index is 0.00151. The highest BCUT2D eigenvalue weighted by Gasteiger charge is 2.36. The smallest absolute Gasteiger partial charge is 0.257 e. The molecule has 0 atom stereocenters. The highest BCUT2D eigenvalue weighted by Crippen LogP contribution is 2.28. The number of aromatic nitrogens is 1. The van der Waals surface area contributed by atoms with Crippen molar-refractivity contribution >= 4 is 5.91 Å². The number of rotatable bonds is 8. The van der Waals surface area contributed by atoms with Crippen molar-refractivity contribution in [3.05, 3.63) is 53.9 Å². The first-order chi connectivity index (χ1) is 13.5. The Bertz CT molecular complexity index is 789. The Hall–Kier alpha value is -2.60. The molecule has 0 aliphatic carbocycles. The molecule has 0 N–H and O–H groups in total. The maximum absolute atomic E-state index is 12.9. The van der Waals surface area contributed by atoms with E-state index in [0.29, 0.717) is 29.0 Å². The van der Waals surface area contributed by atoms with E-state index in [1.165, 1.54) is 5.56 Å². The molecule has 1 aliphatic heterocycles. The van der Waals surface area contributed by atoms with Crippen LogP contribution in [0.4, 0.5) is 0 Å². The highest BCUT2D eigenvalue weighted by molar-refractivity contribution is 5.97. The van der Waals surface area contributed by atoms with Crippen LogP contribution in [0.2, 0.25) is 0 Å². The minimum Gasteiger partial charge on any atom is -0.497 e. The summed E-state index contributed by atoms with van der Waals surface area (Å²) in [6.07, 6.45) is 3.71. The van der Waals surface area contributed by atoms with E-state index in [-0.39, 0.29) is 5.91 Å². The summed E-state index contributed by atoms with van der Waals surface area (Å²) in [7, 11) is 3.17. The molecule has 1 saturated heterocycles. The van der Waals surface area contributed by atoms with Gasteiger partial charge in [0.1, 0.15) is 11.5 Å². The van der Waals surface area contributed by atoms with Crippen molar-refractivity contribution in [2.24, 2.45) is 5.92 Å². The molecule has 150 valence electrons. The molecule has 0 radical (unpaired) electrons. The number of nitrogens with zero attached hydrogens (tertiary/aromatic N) is 3. The van der Waals surface area contributed by atoms with Gasteiger partial charge in [0.2, 0.25) is 0 Å². The van der Waals surface area contributed by atoms with E-state index in [1.54, 1.807) is 38.6 Å². The molecule has 1 aromatic heterocycles. The maximum atomic E-state index is 12.9. The average molecular weight is 383 g/mol. The molecular weight excluding hydrogens is 354 g/mol. The van der Waals surface area contributed by atoms with Crippen LogP contribution in [0.5, 0.6) is 11.5 Å². The first kappa shape index (κ1) is 20.1. The Morgan fingerprint density at radius 1 is 1.25 bits per heavy atom. The summed E-state index contributed by atoms with van der Waals surface area (Å²) < 4.78 is 10.6. The molecule has 6 nitrogen and oxygen atoms in total. The van der Waals surface area contributed by atoms with Gasteiger partial charge in [-0.2, -0.15) is 0 Å². The van der Waals surface area contributed by atoms with Crippen molar-refractivity contribution in [1.29, 1.82) is 0 Å². The van der Waals surface area contributed by atoms with Crippen molar-refractivity contribution in [3.8, 4) is 11.5 Å². The molecule has 0 saturated carbocycles. The lowest BCUT2D eigenvalue weighted by atomic mass is 10.0. The van der Waals surface area contributed by atoms with Crippen LogP contribution in [-0.2, 0) is 6.54 Å². The third kappa shape index (κ3) is 4.62. The quantitative estimate of drug-likeness (QED) is 0.701. The fourth-order valence-electron chi connectivity index (χ4n) is 3.54. The minimum atomic E-state index is 0.00151. The van der Waals surface area contributed by atoms with Gasteiger partial charge in [0.25, 0.3) is 5.91 Å². The molecular formula is C22H29N3O3. The van der Waals surface area contributed by atoms with Crippen molar-refractivity contribution in [3.63, 3.8) is 0 Å². The predicted octanol–water partition coefficient (Wildman–Crippen LogP) is 3.08. The molecule has 1 aromatic carbocycles. The lowest BCUT2D eigenvalue weighted by Crippen LogP contribution is -2.61. The second-order valence-electron chi connectivity index (χ2n) is 7.61. The van der Waals surface area contributed by atoms with Gasteiger partial charge in [0, 0.05) is 50.7 Å². The van der Waals surface area contributed by atoms with E-state index in [4.69, 9.17) is 9.47 Å². The van der Waals surface area contributed by atoms with Gasteiger partial charge in [-0.05, 0) is 29.7 Å². The van der Waals surface area contributed by atoms with E-state index in [2.05, 4.69) is 29.8 Å². The maximum Gasteiger partial charge on any atom is 0.257 e. The number of ether oxygens (including phenoxy) is 2. The number of likely N-dealkylation sites (tertiary alicyclic amines) is 1. The Morgan fingerprint density at radius 3 is 2.64 bits per heavy atom. The van der Waals surface area contributed by atoms with E-state index in [1.807, 2.05) is 17.2 Å². The molecule has 1 aliphatic rings. The number of pyridine rings is 1. The van der Waals surface area contributed by atoms with Crippen LogP contribution in [0.15, 0.2) is 42.7 Å². The molecule has 2 aromatic rings. The van der Waals surface area contributed by atoms with Crippen molar-refractivity contribution in [2.75, 3.05) is 33.9 Å². The van der Waals surface area contributed by atoms with Gasteiger partial charge in [0.15, 0.2) is 0 Å².